The summed E-state index contributed by atoms with van der Waals surface area (Å²) in [5.74, 6) is -0.969. The summed E-state index contributed by atoms with van der Waals surface area (Å²) >= 11 is 0. The Hall–Kier alpha value is -0.353. The molecule has 0 aromatic heterocycles. The van der Waals surface area contributed by atoms with E-state index in [-0.39, 0.29) is 11.6 Å². The van der Waals surface area contributed by atoms with Crippen molar-refractivity contribution in [3.8, 4) is 0 Å². The van der Waals surface area contributed by atoms with E-state index in [1.165, 1.54) is 0 Å². The van der Waals surface area contributed by atoms with Crippen LogP contribution in [0.15, 0.2) is 0 Å². The van der Waals surface area contributed by atoms with Gasteiger partial charge in [-0.25, -0.2) is 9.90 Å². The molecule has 1 aliphatic heterocycles. The van der Waals surface area contributed by atoms with Gasteiger partial charge in [0.15, 0.2) is 0 Å². The van der Waals surface area contributed by atoms with Gasteiger partial charge in [0, 0.05) is 6.61 Å². The van der Waals surface area contributed by atoms with Crippen LogP contribution in [0.5, 0.6) is 0 Å². The van der Waals surface area contributed by atoms with Crippen LogP contribution in [0.25, 0.3) is 0 Å². The molecule has 75 valence electrons. The molecule has 4 heteroatoms. The Bertz CT molecular complexity index is 185. The number of rotatable bonds is 3. The number of hydrogen-bond acceptors (Lipinski definition) is 2. The molecule has 3 nitrogen and oxygen atoms in total. The van der Waals surface area contributed by atoms with Crippen molar-refractivity contribution in [2.75, 3.05) is 6.61 Å². The lowest BCUT2D eigenvalue weighted by molar-refractivity contribution is -0.149. The molecule has 1 saturated heterocycles. The molecule has 0 aromatic rings. The quantitative estimate of drug-likeness (QED) is 0.646. The first-order valence-corrected chi connectivity index (χ1v) is 7.79. The van der Waals surface area contributed by atoms with Gasteiger partial charge in [-0.2, -0.15) is 0 Å². The van der Waals surface area contributed by atoms with Crippen molar-refractivity contribution in [1.82, 2.24) is 0 Å². The summed E-state index contributed by atoms with van der Waals surface area (Å²) in [4.78, 5) is 10.6. The molecule has 1 rings (SSSR count). The summed E-state index contributed by atoms with van der Waals surface area (Å²) in [6, 6.07) is 0. The van der Waals surface area contributed by atoms with Gasteiger partial charge in [0.1, 0.15) is 0 Å². The number of hydrogen-bond donors (Lipinski definition) is 0. The van der Waals surface area contributed by atoms with Crippen molar-refractivity contribution < 1.29 is 14.6 Å². The molecule has 13 heavy (non-hydrogen) atoms. The van der Waals surface area contributed by atoms with Crippen molar-refractivity contribution in [2.24, 2.45) is 0 Å². The molecule has 1 heterocycles. The predicted octanol–water partition coefficient (Wildman–Crippen LogP) is 1.30. The van der Waals surface area contributed by atoms with E-state index < -0.39 is 14.8 Å². The lowest BCUT2D eigenvalue weighted by atomic mass is 10.1. The Morgan fingerprint density at radius 1 is 1.46 bits per heavy atom. The first-order valence-electron chi connectivity index (χ1n) is 4.91. The van der Waals surface area contributed by atoms with Gasteiger partial charge in [-0.05, 0) is 19.3 Å². The normalized spacial score (nSPS) is 29.2. The second kappa shape index (κ2) is 4.24. The molecule has 0 spiro atoms. The van der Waals surface area contributed by atoms with Gasteiger partial charge in [-0.3, -0.25) is 0 Å². The highest BCUT2D eigenvalue weighted by Crippen LogP contribution is 2.30. The Balaban J connectivity index is 2.67. The standard InChI is InChI=1S/C9H17O3Si/c1-13(2)9(7-8(10)11)5-3-4-6-12-9/h13H,3-7H2,1-2H3. The highest BCUT2D eigenvalue weighted by atomic mass is 28.3. The van der Waals surface area contributed by atoms with E-state index in [4.69, 9.17) is 4.74 Å². The van der Waals surface area contributed by atoms with E-state index in [1.807, 2.05) is 0 Å². The van der Waals surface area contributed by atoms with Crippen molar-refractivity contribution in [3.63, 3.8) is 0 Å². The van der Waals surface area contributed by atoms with Crippen LogP contribution < -0.4 is 0 Å². The zero-order valence-corrected chi connectivity index (χ0v) is 9.49. The first kappa shape index (κ1) is 10.7. The molecule has 1 unspecified atom stereocenters. The van der Waals surface area contributed by atoms with Crippen LogP contribution >= 0.6 is 0 Å². The topological polar surface area (TPSA) is 46.2 Å². The molecule has 1 aliphatic rings. The minimum absolute atomic E-state index is 0.0941. The lowest BCUT2D eigenvalue weighted by Gasteiger charge is -2.39. The average Bonchev–Trinajstić information content (AvgIpc) is 2.04. The van der Waals surface area contributed by atoms with Crippen LogP contribution in [-0.2, 0) is 14.6 Å². The third-order valence-corrected chi connectivity index (χ3v) is 5.64. The van der Waals surface area contributed by atoms with Crippen molar-refractivity contribution in [1.29, 1.82) is 0 Å². The van der Waals surface area contributed by atoms with Crippen LogP contribution in [0.3, 0.4) is 0 Å². The molecule has 1 atom stereocenters. The Labute approximate surface area is 80.7 Å². The summed E-state index contributed by atoms with van der Waals surface area (Å²) in [5.41, 5.74) is 0. The van der Waals surface area contributed by atoms with Gasteiger partial charge in [-0.1, -0.05) is 13.1 Å². The minimum atomic E-state index is -1.09. The first-order chi connectivity index (χ1) is 6.07. The van der Waals surface area contributed by atoms with Gasteiger partial charge in [0.2, 0.25) is 0 Å². The summed E-state index contributed by atoms with van der Waals surface area (Å²) < 4.78 is 5.68. The van der Waals surface area contributed by atoms with E-state index in [9.17, 15) is 9.90 Å². The lowest BCUT2D eigenvalue weighted by Crippen LogP contribution is -2.48. The largest absolute Gasteiger partial charge is 0.378 e. The summed E-state index contributed by atoms with van der Waals surface area (Å²) in [6.07, 6.45) is 3.16. The van der Waals surface area contributed by atoms with Gasteiger partial charge >= 0.3 is 5.97 Å². The van der Waals surface area contributed by atoms with Crippen LogP contribution in [-0.4, -0.2) is 26.6 Å². The molecule has 1 radical (unpaired) electrons. The summed E-state index contributed by atoms with van der Waals surface area (Å²) in [6.45, 7) is 5.01. The van der Waals surface area contributed by atoms with Crippen LogP contribution in [0.1, 0.15) is 25.7 Å². The third-order valence-electron chi connectivity index (χ3n) is 2.88. The summed E-state index contributed by atoms with van der Waals surface area (Å²) in [5, 5.41) is 10.3. The number of ether oxygens (including phenoxy) is 1. The van der Waals surface area contributed by atoms with Gasteiger partial charge in [0.25, 0.3) is 0 Å². The van der Waals surface area contributed by atoms with Gasteiger partial charge < -0.3 is 4.74 Å². The molecule has 0 aromatic carbocycles. The molecule has 1 fully saturated rings. The third kappa shape index (κ3) is 2.54. The van der Waals surface area contributed by atoms with Crippen LogP contribution in [0.4, 0.5) is 0 Å². The monoisotopic (exact) mass is 201 g/mol. The molecule has 0 aliphatic carbocycles. The van der Waals surface area contributed by atoms with Crippen LogP contribution in [0, 0.1) is 0 Å². The van der Waals surface area contributed by atoms with E-state index in [2.05, 4.69) is 13.1 Å². The predicted molar refractivity (Wildman–Crippen MR) is 51.7 cm³/mol. The molecular formula is C9H17O3Si. The summed E-state index contributed by atoms with van der Waals surface area (Å²) in [7, 11) is -1.09. The maximum atomic E-state index is 10.6. The van der Waals surface area contributed by atoms with E-state index in [0.29, 0.717) is 0 Å². The Morgan fingerprint density at radius 3 is 2.54 bits per heavy atom. The fourth-order valence-electron chi connectivity index (χ4n) is 1.92. The maximum absolute atomic E-state index is 10.6. The second-order valence-electron chi connectivity index (χ2n) is 4.07. The highest BCUT2D eigenvalue weighted by Gasteiger charge is 2.39. The number of carbonyl (C=O) groups excluding carboxylic acids is 1. The molecule has 0 amide bonds. The Kier molecular flexibility index (Phi) is 3.50. The van der Waals surface area contributed by atoms with Gasteiger partial charge in [-0.15, -0.1) is 0 Å². The smallest absolute Gasteiger partial charge is 0.358 e. The average molecular weight is 201 g/mol. The Morgan fingerprint density at radius 2 is 2.15 bits per heavy atom. The van der Waals surface area contributed by atoms with Crippen molar-refractivity contribution >= 4 is 14.8 Å². The fourth-order valence-corrected chi connectivity index (χ4v) is 3.72. The zero-order valence-electron chi connectivity index (χ0n) is 8.34. The van der Waals surface area contributed by atoms with E-state index in [0.717, 1.165) is 25.9 Å². The van der Waals surface area contributed by atoms with Gasteiger partial charge in [0.05, 0.1) is 20.4 Å². The number of carbonyl (C=O) groups is 1. The fraction of sp³-hybridized carbons (Fsp3) is 0.889. The van der Waals surface area contributed by atoms with Crippen molar-refractivity contribution in [3.05, 3.63) is 0 Å². The van der Waals surface area contributed by atoms with Crippen molar-refractivity contribution in [2.45, 2.75) is 44.0 Å². The molecule has 0 bridgehead atoms. The van der Waals surface area contributed by atoms with E-state index in [1.54, 1.807) is 0 Å². The van der Waals surface area contributed by atoms with Crippen LogP contribution in [0.2, 0.25) is 13.1 Å². The van der Waals surface area contributed by atoms with E-state index >= 15 is 0 Å². The minimum Gasteiger partial charge on any atom is -0.378 e. The molecule has 0 saturated carbocycles. The SMILES string of the molecule is C[SiH](C)C1(CC([O])=O)CCCCO1. The zero-order chi connectivity index (χ0) is 9.90. The molecule has 0 N–H and O–H groups in total. The maximum Gasteiger partial charge on any atom is 0.358 e. The molecular weight excluding hydrogens is 184 g/mol. The second-order valence-corrected chi connectivity index (χ2v) is 7.44. The highest BCUT2D eigenvalue weighted by molar-refractivity contribution is 6.59.